The van der Waals surface area contributed by atoms with Crippen LogP contribution in [0.3, 0.4) is 0 Å². The van der Waals surface area contributed by atoms with Gasteiger partial charge in [-0.05, 0) is 5.69 Å². The van der Waals surface area contributed by atoms with Crippen LogP contribution in [0, 0.1) is 0 Å². The van der Waals surface area contributed by atoms with Gasteiger partial charge in [0.25, 0.3) is 5.69 Å². The second-order valence-electron chi connectivity index (χ2n) is 7.68. The van der Waals surface area contributed by atoms with Crippen molar-refractivity contribution in [2.75, 3.05) is 0 Å². The van der Waals surface area contributed by atoms with Gasteiger partial charge in [-0.2, -0.15) is 0 Å². The van der Waals surface area contributed by atoms with E-state index in [4.69, 9.17) is 0 Å². The number of nitrogens with zero attached hydrogens (tertiary/aromatic N) is 3. The van der Waals surface area contributed by atoms with E-state index in [9.17, 15) is 9.59 Å². The Bertz CT molecular complexity index is 1370. The molecule has 1 radical (unpaired) electrons. The van der Waals surface area contributed by atoms with Crippen molar-refractivity contribution < 1.29 is 0 Å². The van der Waals surface area contributed by atoms with Gasteiger partial charge in [-0.25, -0.2) is 0 Å². The molecule has 0 bridgehead atoms. The fourth-order valence-electron chi connectivity index (χ4n) is 3.74. The van der Waals surface area contributed by atoms with Crippen molar-refractivity contribution >= 4 is 32.1 Å². The van der Waals surface area contributed by atoms with Crippen molar-refractivity contribution in [3.8, 4) is 5.69 Å². The van der Waals surface area contributed by atoms with E-state index in [1.54, 1.807) is 33.6 Å². The molecule has 5 rings (SSSR count). The molecule has 0 fully saturated rings. The van der Waals surface area contributed by atoms with Crippen LogP contribution in [0.5, 0.6) is 0 Å². The normalized spacial score (nSPS) is 10.4. The minimum atomic E-state index is -2.17. The summed E-state index contributed by atoms with van der Waals surface area (Å²) < 4.78 is 6.76. The van der Waals surface area contributed by atoms with Crippen LogP contribution in [0.15, 0.2) is 144 Å². The van der Waals surface area contributed by atoms with Crippen LogP contribution in [-0.4, -0.2) is 32.0 Å². The summed E-state index contributed by atoms with van der Waals surface area (Å²) >= 11 is -2.17. The van der Waals surface area contributed by atoms with E-state index in [0.717, 1.165) is 9.25 Å². The van der Waals surface area contributed by atoms with E-state index in [1.807, 2.05) is 6.07 Å². The standard InChI is InChI=1S/C11H11N3O2.3C6H5.Pb/c1-2-8-13-11(16)14(10(15)12-13)9-6-4-3-5-7-9;3*1-2-4-6-5-3-1;/h2-7H,1,8H2,(H,12,15);3*1-5H;/p-1. The zero-order chi connectivity index (χ0) is 24.5. The summed E-state index contributed by atoms with van der Waals surface area (Å²) in [6.45, 7) is 3.73. The summed E-state index contributed by atoms with van der Waals surface area (Å²) in [6.07, 6.45) is 1.52. The summed E-state index contributed by atoms with van der Waals surface area (Å²) in [5.41, 5.74) is -0.498. The molecule has 0 unspecified atom stereocenters. The third-order valence-electron chi connectivity index (χ3n) is 5.31. The van der Waals surface area contributed by atoms with Gasteiger partial charge in [0, 0.05) is 6.54 Å². The van der Waals surface area contributed by atoms with E-state index in [1.165, 1.54) is 6.08 Å². The summed E-state index contributed by atoms with van der Waals surface area (Å²) in [4.78, 5) is 23.3. The van der Waals surface area contributed by atoms with Crippen LogP contribution in [-0.2, 0) is 6.54 Å². The third kappa shape index (κ3) is 6.05. The number of hydrogen-bond donors (Lipinski definition) is 0. The van der Waals surface area contributed by atoms with Crippen LogP contribution in [0.1, 0.15) is 0 Å². The first-order chi connectivity index (χ1) is 17.2. The van der Waals surface area contributed by atoms with Crippen molar-refractivity contribution in [3.05, 3.63) is 155 Å². The van der Waals surface area contributed by atoms with Gasteiger partial charge in [0.05, 0.1) is 0 Å². The van der Waals surface area contributed by atoms with Gasteiger partial charge in [0.2, 0.25) is 0 Å². The van der Waals surface area contributed by atoms with Gasteiger partial charge in [-0.15, -0.1) is 6.58 Å². The summed E-state index contributed by atoms with van der Waals surface area (Å²) in [5.74, 6) is 0. The first-order valence-electron chi connectivity index (χ1n) is 11.3. The average Bonchev–Trinajstić information content (AvgIpc) is 3.20. The molecular weight excluding hydrogens is 630 g/mol. The second-order valence-corrected chi connectivity index (χ2v) is 17.3. The number of hydrogen-bond acceptors (Lipinski definition) is 2. The van der Waals surface area contributed by atoms with Gasteiger partial charge in [-0.3, -0.25) is 9.59 Å². The Hall–Kier alpha value is -3.72. The van der Waals surface area contributed by atoms with Gasteiger partial charge in [0.1, 0.15) is 0 Å². The molecule has 4 aromatic carbocycles. The van der Waals surface area contributed by atoms with Crippen molar-refractivity contribution in [2.24, 2.45) is 0 Å². The SMILES string of the molecule is C=CCn1[n-]c(=O)n(-c2ccccc2)c1=O.c1cc[c]([Pb]([c]2ccccc2)[c]2ccccc2)cc1. The topological polar surface area (TPSA) is 58.1 Å². The predicted molar refractivity (Wildman–Crippen MR) is 144 cm³/mol. The molecule has 5 aromatic rings. The second kappa shape index (κ2) is 12.1. The molecule has 0 amide bonds. The third-order valence-corrected chi connectivity index (χ3v) is 15.9. The average molecular weight is 655 g/mol. The fourth-order valence-corrected chi connectivity index (χ4v) is 13.8. The van der Waals surface area contributed by atoms with E-state index in [0.29, 0.717) is 5.69 Å². The molecule has 0 aliphatic rings. The van der Waals surface area contributed by atoms with E-state index >= 15 is 0 Å². The number of aromatic nitrogens is 3. The van der Waals surface area contributed by atoms with Gasteiger partial charge >= 0.3 is 123 Å². The maximum absolute atomic E-state index is 11.8. The van der Waals surface area contributed by atoms with Crippen molar-refractivity contribution in [1.82, 2.24) is 14.3 Å². The Kier molecular flexibility index (Phi) is 8.45. The molecule has 0 aliphatic heterocycles. The monoisotopic (exact) mass is 655 g/mol. The zero-order valence-electron chi connectivity index (χ0n) is 19.2. The molecule has 173 valence electrons. The summed E-state index contributed by atoms with van der Waals surface area (Å²) in [5, 5.41) is 3.62. The molecule has 0 saturated carbocycles. The molecule has 6 heteroatoms. The number of allylic oxidation sites excluding steroid dienone is 1. The molecule has 0 N–H and O–H groups in total. The predicted octanol–water partition coefficient (Wildman–Crippen LogP) is 2.35. The fraction of sp³-hybridized carbons (Fsp3) is 0.0345. The zero-order valence-corrected chi connectivity index (χ0v) is 23.1. The van der Waals surface area contributed by atoms with Crippen LogP contribution in [0.4, 0.5) is 0 Å². The minimum absolute atomic E-state index is 0.230. The first-order valence-corrected chi connectivity index (χ1v) is 17.1. The van der Waals surface area contributed by atoms with Gasteiger partial charge < -0.3 is 14.3 Å². The Balaban J connectivity index is 0.000000168. The quantitative estimate of drug-likeness (QED) is 0.209. The van der Waals surface area contributed by atoms with Gasteiger partial charge in [-0.1, -0.05) is 36.4 Å². The van der Waals surface area contributed by atoms with Crippen LogP contribution in [0.25, 0.3) is 5.69 Å². The van der Waals surface area contributed by atoms with Crippen molar-refractivity contribution in [2.45, 2.75) is 6.54 Å². The Morgan fingerprint density at radius 3 is 1.46 bits per heavy atom. The van der Waals surface area contributed by atoms with Crippen molar-refractivity contribution in [3.63, 3.8) is 0 Å². The summed E-state index contributed by atoms with van der Waals surface area (Å²) in [6, 6.07) is 41.7. The number of para-hydroxylation sites is 1. The molecule has 0 spiro atoms. The van der Waals surface area contributed by atoms with Crippen LogP contribution in [0.2, 0.25) is 0 Å². The van der Waals surface area contributed by atoms with E-state index in [2.05, 4.69) is 103 Å². The molecule has 35 heavy (non-hydrogen) atoms. The molecule has 0 atom stereocenters. The Morgan fingerprint density at radius 1 is 0.657 bits per heavy atom. The van der Waals surface area contributed by atoms with E-state index in [-0.39, 0.29) is 6.54 Å². The summed E-state index contributed by atoms with van der Waals surface area (Å²) in [7, 11) is 0. The molecule has 0 saturated heterocycles. The molecule has 1 heterocycles. The number of rotatable bonds is 6. The molecular formula is C29H25N3O2Pb-. The Labute approximate surface area is 212 Å². The molecule has 1 aromatic heterocycles. The van der Waals surface area contributed by atoms with E-state index < -0.39 is 34.1 Å². The van der Waals surface area contributed by atoms with Crippen LogP contribution < -0.4 is 25.8 Å². The Morgan fingerprint density at radius 2 is 1.06 bits per heavy atom. The maximum atomic E-state index is 11.8. The molecule has 0 aliphatic carbocycles. The van der Waals surface area contributed by atoms with Crippen LogP contribution >= 0.6 is 0 Å². The first kappa shape index (κ1) is 24.4. The van der Waals surface area contributed by atoms with Crippen molar-refractivity contribution in [1.29, 1.82) is 0 Å². The van der Waals surface area contributed by atoms with Gasteiger partial charge in [0.15, 0.2) is 5.69 Å². The number of benzene rings is 4. The molecule has 5 nitrogen and oxygen atoms in total.